The maximum Gasteiger partial charge on any atom is 0.263 e. The van der Waals surface area contributed by atoms with Gasteiger partial charge in [-0.3, -0.25) is 14.2 Å². The molecule has 0 fully saturated rings. The summed E-state index contributed by atoms with van der Waals surface area (Å²) in [5.74, 6) is -0.338. The number of nitrogens with one attached hydrogen (secondary N) is 1. The Morgan fingerprint density at radius 2 is 2.07 bits per heavy atom. The quantitative estimate of drug-likeness (QED) is 0.754. The van der Waals surface area contributed by atoms with Gasteiger partial charge < -0.3 is 5.32 Å². The number of carbonyl (C=O) groups is 1. The topological polar surface area (TPSA) is 76.9 Å². The lowest BCUT2D eigenvalue weighted by Gasteiger charge is -2.15. The van der Waals surface area contributed by atoms with E-state index in [9.17, 15) is 9.59 Å². The van der Waals surface area contributed by atoms with Crippen molar-refractivity contribution in [1.82, 2.24) is 14.5 Å². The summed E-state index contributed by atoms with van der Waals surface area (Å²) in [4.78, 5) is 34.0. The largest absolute Gasteiger partial charge is 0.323 e. The van der Waals surface area contributed by atoms with E-state index < -0.39 is 0 Å². The second kappa shape index (κ2) is 7.12. The number of benzene rings is 1. The van der Waals surface area contributed by atoms with Crippen molar-refractivity contribution in [3.05, 3.63) is 62.8 Å². The van der Waals surface area contributed by atoms with Crippen LogP contribution in [0.2, 0.25) is 5.02 Å². The van der Waals surface area contributed by atoms with Crippen molar-refractivity contribution in [2.75, 3.05) is 5.32 Å². The van der Waals surface area contributed by atoms with E-state index in [-0.39, 0.29) is 18.0 Å². The first-order valence-electron chi connectivity index (χ1n) is 8.95. The van der Waals surface area contributed by atoms with Gasteiger partial charge in [-0.15, -0.1) is 0 Å². The summed E-state index contributed by atoms with van der Waals surface area (Å²) in [6.07, 6.45) is 5.46. The molecule has 6 nitrogen and oxygen atoms in total. The number of anilines is 1. The van der Waals surface area contributed by atoms with Crippen LogP contribution in [-0.2, 0) is 24.2 Å². The van der Waals surface area contributed by atoms with Gasteiger partial charge in [0, 0.05) is 5.69 Å². The molecular weight excluding hydrogens is 364 g/mol. The monoisotopic (exact) mass is 382 g/mol. The lowest BCUT2D eigenvalue weighted by molar-refractivity contribution is -0.116. The first-order valence-corrected chi connectivity index (χ1v) is 9.33. The molecule has 0 bridgehead atoms. The maximum absolute atomic E-state index is 12.8. The number of fused-ring (bicyclic) bond motifs is 2. The molecule has 0 spiro atoms. The fraction of sp³-hybridized carbons (Fsp3) is 0.300. The van der Waals surface area contributed by atoms with Gasteiger partial charge in [0.1, 0.15) is 12.9 Å². The fourth-order valence-corrected chi connectivity index (χ4v) is 3.67. The predicted molar refractivity (Wildman–Crippen MR) is 105 cm³/mol. The molecule has 1 amide bonds. The van der Waals surface area contributed by atoms with Crippen LogP contribution in [-0.4, -0.2) is 20.4 Å². The SMILES string of the molecule is Cc1ccc(NC(=O)Cn2cnc3nc4c(cc3c2=O)CCCC4)c(Cl)c1. The number of rotatable bonds is 3. The summed E-state index contributed by atoms with van der Waals surface area (Å²) in [6, 6.07) is 7.26. The van der Waals surface area contributed by atoms with Crippen LogP contribution in [0.1, 0.15) is 29.7 Å². The lowest BCUT2D eigenvalue weighted by atomic mass is 9.95. The summed E-state index contributed by atoms with van der Waals surface area (Å²) < 4.78 is 1.30. The zero-order valence-corrected chi connectivity index (χ0v) is 15.7. The van der Waals surface area contributed by atoms with Crippen LogP contribution < -0.4 is 10.9 Å². The maximum atomic E-state index is 12.8. The molecule has 0 radical (unpaired) electrons. The fourth-order valence-electron chi connectivity index (χ4n) is 3.39. The van der Waals surface area contributed by atoms with Crippen molar-refractivity contribution in [2.45, 2.75) is 39.2 Å². The van der Waals surface area contributed by atoms with Crippen molar-refractivity contribution in [1.29, 1.82) is 0 Å². The zero-order chi connectivity index (χ0) is 19.0. The van der Waals surface area contributed by atoms with Gasteiger partial charge in [-0.1, -0.05) is 17.7 Å². The molecule has 1 N–H and O–H groups in total. The zero-order valence-electron chi connectivity index (χ0n) is 15.0. The van der Waals surface area contributed by atoms with Gasteiger partial charge in [0.2, 0.25) is 5.91 Å². The summed E-state index contributed by atoms with van der Waals surface area (Å²) in [7, 11) is 0. The Kier molecular flexibility index (Phi) is 4.66. The Hall–Kier alpha value is -2.73. The molecule has 2 aromatic heterocycles. The molecule has 2 heterocycles. The standard InChI is InChI=1S/C20H19ClN4O2/c1-12-6-7-17(15(21)8-12)23-18(26)10-25-11-22-19-14(20(25)27)9-13-4-2-3-5-16(13)24-19/h6-9,11H,2-5,10H2,1H3,(H,23,26). The summed E-state index contributed by atoms with van der Waals surface area (Å²) in [6.45, 7) is 1.79. The van der Waals surface area contributed by atoms with E-state index in [2.05, 4.69) is 15.3 Å². The molecular formula is C20H19ClN4O2. The first-order chi connectivity index (χ1) is 13.0. The van der Waals surface area contributed by atoms with Gasteiger partial charge in [-0.2, -0.15) is 0 Å². The third-order valence-electron chi connectivity index (χ3n) is 4.80. The highest BCUT2D eigenvalue weighted by Gasteiger charge is 2.16. The highest BCUT2D eigenvalue weighted by molar-refractivity contribution is 6.33. The molecule has 4 rings (SSSR count). The molecule has 1 aromatic carbocycles. The van der Waals surface area contributed by atoms with Crippen LogP contribution in [0.5, 0.6) is 0 Å². The van der Waals surface area contributed by atoms with E-state index in [1.165, 1.54) is 10.9 Å². The second-order valence-electron chi connectivity index (χ2n) is 6.88. The highest BCUT2D eigenvalue weighted by Crippen LogP contribution is 2.23. The van der Waals surface area contributed by atoms with Gasteiger partial charge in [0.15, 0.2) is 5.65 Å². The Morgan fingerprint density at radius 1 is 1.26 bits per heavy atom. The van der Waals surface area contributed by atoms with Crippen LogP contribution in [0, 0.1) is 6.92 Å². The van der Waals surface area contributed by atoms with Crippen LogP contribution in [0.15, 0.2) is 35.4 Å². The molecule has 138 valence electrons. The van der Waals surface area contributed by atoms with Crippen molar-refractivity contribution in [2.24, 2.45) is 0 Å². The average molecular weight is 383 g/mol. The Balaban J connectivity index is 1.61. The molecule has 7 heteroatoms. The minimum absolute atomic E-state index is 0.136. The minimum Gasteiger partial charge on any atom is -0.323 e. The molecule has 0 saturated heterocycles. The number of aromatic nitrogens is 3. The Bertz CT molecular complexity index is 1110. The van der Waals surface area contributed by atoms with E-state index >= 15 is 0 Å². The molecule has 0 unspecified atom stereocenters. The third-order valence-corrected chi connectivity index (χ3v) is 5.12. The van der Waals surface area contributed by atoms with E-state index in [0.717, 1.165) is 42.5 Å². The van der Waals surface area contributed by atoms with E-state index in [1.807, 2.05) is 19.1 Å². The summed E-state index contributed by atoms with van der Waals surface area (Å²) in [5.41, 5.74) is 3.85. The normalized spacial score (nSPS) is 13.4. The van der Waals surface area contributed by atoms with E-state index in [1.54, 1.807) is 12.1 Å². The number of carbonyl (C=O) groups excluding carboxylic acids is 1. The van der Waals surface area contributed by atoms with Crippen LogP contribution in [0.3, 0.4) is 0 Å². The van der Waals surface area contributed by atoms with Crippen molar-refractivity contribution in [3.63, 3.8) is 0 Å². The van der Waals surface area contributed by atoms with E-state index in [4.69, 9.17) is 11.6 Å². The molecule has 27 heavy (non-hydrogen) atoms. The van der Waals surface area contributed by atoms with Crippen LogP contribution >= 0.6 is 11.6 Å². The molecule has 1 aliphatic rings. The molecule has 0 aliphatic heterocycles. The van der Waals surface area contributed by atoms with Gasteiger partial charge in [0.05, 0.1) is 16.1 Å². The smallest absolute Gasteiger partial charge is 0.263 e. The third kappa shape index (κ3) is 3.57. The number of nitrogens with zero attached hydrogens (tertiary/aromatic N) is 3. The molecule has 0 saturated carbocycles. The van der Waals surface area contributed by atoms with Crippen molar-refractivity contribution in [3.8, 4) is 0 Å². The summed E-state index contributed by atoms with van der Waals surface area (Å²) >= 11 is 6.15. The lowest BCUT2D eigenvalue weighted by Crippen LogP contribution is -2.28. The minimum atomic E-state index is -0.338. The van der Waals surface area contributed by atoms with Gasteiger partial charge in [0.25, 0.3) is 5.56 Å². The summed E-state index contributed by atoms with van der Waals surface area (Å²) in [5, 5.41) is 3.66. The molecule has 1 aliphatic carbocycles. The van der Waals surface area contributed by atoms with Gasteiger partial charge in [-0.25, -0.2) is 9.97 Å². The molecule has 0 atom stereocenters. The van der Waals surface area contributed by atoms with E-state index in [0.29, 0.717) is 21.7 Å². The number of hydrogen-bond donors (Lipinski definition) is 1. The predicted octanol–water partition coefficient (Wildman–Crippen LogP) is 3.27. The second-order valence-corrected chi connectivity index (χ2v) is 7.29. The van der Waals surface area contributed by atoms with Gasteiger partial charge in [-0.05, 0) is 61.9 Å². The van der Waals surface area contributed by atoms with Crippen molar-refractivity contribution >= 4 is 34.2 Å². The number of aryl methyl sites for hydroxylation is 3. The Labute approximate surface area is 161 Å². The highest BCUT2D eigenvalue weighted by atomic mass is 35.5. The Morgan fingerprint density at radius 3 is 2.89 bits per heavy atom. The number of pyridine rings is 1. The van der Waals surface area contributed by atoms with Crippen molar-refractivity contribution < 1.29 is 4.79 Å². The number of hydrogen-bond acceptors (Lipinski definition) is 4. The average Bonchev–Trinajstić information content (AvgIpc) is 2.65. The van der Waals surface area contributed by atoms with Crippen LogP contribution in [0.4, 0.5) is 5.69 Å². The van der Waals surface area contributed by atoms with Gasteiger partial charge >= 0.3 is 0 Å². The number of amides is 1. The number of halogens is 1. The first kappa shape index (κ1) is 17.7. The molecule has 3 aromatic rings. The van der Waals surface area contributed by atoms with Crippen LogP contribution in [0.25, 0.3) is 11.0 Å².